The molecule has 1 amide bonds. The highest BCUT2D eigenvalue weighted by Crippen LogP contribution is 2.60. The lowest BCUT2D eigenvalue weighted by Gasteiger charge is -2.55. The van der Waals surface area contributed by atoms with Crippen LogP contribution in [0.2, 0.25) is 0 Å². The average Bonchev–Trinajstić information content (AvgIpc) is 3.38. The maximum absolute atomic E-state index is 12.9. The number of rotatable bonds is 6. The van der Waals surface area contributed by atoms with Crippen molar-refractivity contribution in [1.82, 2.24) is 15.5 Å². The van der Waals surface area contributed by atoms with Crippen molar-refractivity contribution >= 4 is 17.7 Å². The van der Waals surface area contributed by atoms with Gasteiger partial charge < -0.3 is 9.73 Å². The van der Waals surface area contributed by atoms with Crippen LogP contribution in [-0.2, 0) is 10.2 Å². The molecule has 6 heteroatoms. The van der Waals surface area contributed by atoms with Crippen molar-refractivity contribution in [2.75, 3.05) is 0 Å². The van der Waals surface area contributed by atoms with Gasteiger partial charge in [-0.25, -0.2) is 0 Å². The van der Waals surface area contributed by atoms with E-state index in [2.05, 4.69) is 15.5 Å². The van der Waals surface area contributed by atoms with E-state index in [1.165, 1.54) is 50.3 Å². The van der Waals surface area contributed by atoms with Crippen molar-refractivity contribution in [2.24, 2.45) is 17.8 Å². The zero-order valence-electron chi connectivity index (χ0n) is 16.5. The molecule has 1 atom stereocenters. The molecule has 4 bridgehead atoms. The molecule has 7 rings (SSSR count). The Hall–Kier alpha value is -1.82. The van der Waals surface area contributed by atoms with Crippen LogP contribution in [0.25, 0.3) is 0 Å². The third-order valence-electron chi connectivity index (χ3n) is 7.38. The Bertz CT molecular complexity index is 873. The molecule has 29 heavy (non-hydrogen) atoms. The summed E-state index contributed by atoms with van der Waals surface area (Å²) in [5.41, 5.74) is 1.07. The lowest BCUT2D eigenvalue weighted by Crippen LogP contribution is -2.48. The van der Waals surface area contributed by atoms with E-state index < -0.39 is 0 Å². The van der Waals surface area contributed by atoms with E-state index >= 15 is 0 Å². The number of carbonyl (C=O) groups excluding carboxylic acids is 1. The van der Waals surface area contributed by atoms with Gasteiger partial charge in [0.1, 0.15) is 5.25 Å². The molecule has 5 nitrogen and oxygen atoms in total. The Labute approximate surface area is 175 Å². The predicted octanol–water partition coefficient (Wildman–Crippen LogP) is 4.65. The van der Waals surface area contributed by atoms with Gasteiger partial charge >= 0.3 is 0 Å². The first-order valence-corrected chi connectivity index (χ1v) is 11.9. The molecule has 1 heterocycles. The van der Waals surface area contributed by atoms with Crippen LogP contribution in [0, 0.1) is 17.8 Å². The fraction of sp³-hybridized carbons (Fsp3) is 0.609. The molecule has 0 spiro atoms. The van der Waals surface area contributed by atoms with Gasteiger partial charge in [-0.3, -0.25) is 4.79 Å². The van der Waals surface area contributed by atoms with Crippen LogP contribution in [0.3, 0.4) is 0 Å². The molecular weight excluding hydrogens is 382 g/mol. The highest BCUT2D eigenvalue weighted by Gasteiger charge is 2.54. The Morgan fingerprint density at radius 1 is 1.03 bits per heavy atom. The van der Waals surface area contributed by atoms with Crippen molar-refractivity contribution in [1.29, 1.82) is 0 Å². The van der Waals surface area contributed by atoms with Gasteiger partial charge in [0.15, 0.2) is 0 Å². The Morgan fingerprint density at radius 2 is 1.69 bits per heavy atom. The van der Waals surface area contributed by atoms with E-state index in [1.54, 1.807) is 0 Å². The second kappa shape index (κ2) is 6.86. The van der Waals surface area contributed by atoms with Gasteiger partial charge in [0.25, 0.3) is 5.22 Å². The molecule has 5 fully saturated rings. The minimum absolute atomic E-state index is 0.0401. The first-order chi connectivity index (χ1) is 14.2. The van der Waals surface area contributed by atoms with Crippen LogP contribution < -0.4 is 5.32 Å². The highest BCUT2D eigenvalue weighted by atomic mass is 32.2. The number of benzene rings is 1. The second-order valence-corrected chi connectivity index (χ2v) is 10.8. The van der Waals surface area contributed by atoms with Crippen molar-refractivity contribution in [3.8, 4) is 0 Å². The van der Waals surface area contributed by atoms with Crippen LogP contribution in [0.4, 0.5) is 0 Å². The number of carbonyl (C=O) groups is 1. The Kier molecular flexibility index (Phi) is 4.26. The van der Waals surface area contributed by atoms with Crippen LogP contribution >= 0.6 is 11.8 Å². The number of nitrogens with one attached hydrogen (secondary N) is 1. The first kappa shape index (κ1) is 18.0. The van der Waals surface area contributed by atoms with Crippen molar-refractivity contribution in [3.63, 3.8) is 0 Å². The largest absolute Gasteiger partial charge is 0.415 e. The van der Waals surface area contributed by atoms with Crippen LogP contribution in [0.15, 0.2) is 40.0 Å². The van der Waals surface area contributed by atoms with Gasteiger partial charge in [-0.05, 0) is 86.4 Å². The molecule has 5 saturated carbocycles. The molecule has 1 aromatic heterocycles. The third-order valence-corrected chi connectivity index (χ3v) is 8.47. The zero-order chi connectivity index (χ0) is 19.4. The molecule has 5 aliphatic carbocycles. The molecule has 0 saturated heterocycles. The predicted molar refractivity (Wildman–Crippen MR) is 110 cm³/mol. The fourth-order valence-electron chi connectivity index (χ4n) is 6.35. The van der Waals surface area contributed by atoms with E-state index in [0.717, 1.165) is 42.0 Å². The molecule has 1 N–H and O–H groups in total. The lowest BCUT2D eigenvalue weighted by atomic mass is 9.49. The van der Waals surface area contributed by atoms with Gasteiger partial charge in [0.2, 0.25) is 11.8 Å². The summed E-state index contributed by atoms with van der Waals surface area (Å²) in [6, 6.07) is 10.3. The van der Waals surface area contributed by atoms with Crippen molar-refractivity contribution < 1.29 is 9.21 Å². The van der Waals surface area contributed by atoms with Crippen LogP contribution in [-0.4, -0.2) is 22.1 Å². The molecule has 0 radical (unpaired) electrons. The van der Waals surface area contributed by atoms with Crippen molar-refractivity contribution in [2.45, 2.75) is 73.3 Å². The third kappa shape index (κ3) is 3.39. The van der Waals surface area contributed by atoms with Gasteiger partial charge in [0.05, 0.1) is 0 Å². The molecule has 152 valence electrons. The Balaban J connectivity index is 1.25. The molecule has 5 aliphatic rings. The standard InChI is InChI=1S/C23H27N3O2S/c27-20(24-18-6-7-18)19(17-4-2-1-3-5-17)29-22-26-25-21(28-22)23-11-14-8-15(12-23)10-16(9-14)13-23/h1-5,14-16,18-19H,6-13H2,(H,24,27)/t14?,15?,16?,19-,23?/m1/s1. The Morgan fingerprint density at radius 3 is 2.31 bits per heavy atom. The summed E-state index contributed by atoms with van der Waals surface area (Å²) in [4.78, 5) is 12.9. The quantitative estimate of drug-likeness (QED) is 0.704. The van der Waals surface area contributed by atoms with Gasteiger partial charge in [-0.2, -0.15) is 0 Å². The van der Waals surface area contributed by atoms with Gasteiger partial charge in [0, 0.05) is 11.5 Å². The molecule has 0 aliphatic heterocycles. The SMILES string of the molecule is O=C(NC1CC1)[C@H](Sc1nnc(C23CC4CC(CC(C4)C2)C3)o1)c1ccccc1. The van der Waals surface area contributed by atoms with Gasteiger partial charge in [-0.1, -0.05) is 30.3 Å². The number of nitrogens with zero attached hydrogens (tertiary/aromatic N) is 2. The number of hydrogen-bond donors (Lipinski definition) is 1. The smallest absolute Gasteiger partial charge is 0.277 e. The number of thioether (sulfide) groups is 1. The summed E-state index contributed by atoms with van der Waals surface area (Å²) in [7, 11) is 0. The van der Waals surface area contributed by atoms with E-state index in [0.29, 0.717) is 11.3 Å². The molecule has 0 unspecified atom stereocenters. The second-order valence-electron chi connectivity index (χ2n) is 9.76. The molecular formula is C23H27N3O2S. The van der Waals surface area contributed by atoms with Crippen LogP contribution in [0.5, 0.6) is 0 Å². The van der Waals surface area contributed by atoms with E-state index in [1.807, 2.05) is 30.3 Å². The topological polar surface area (TPSA) is 68.0 Å². The normalized spacial score (nSPS) is 33.6. The highest BCUT2D eigenvalue weighted by molar-refractivity contribution is 8.00. The summed E-state index contributed by atoms with van der Waals surface area (Å²) >= 11 is 1.39. The maximum Gasteiger partial charge on any atom is 0.277 e. The van der Waals surface area contributed by atoms with E-state index in [9.17, 15) is 4.79 Å². The number of hydrogen-bond acceptors (Lipinski definition) is 5. The van der Waals surface area contributed by atoms with Gasteiger partial charge in [-0.15, -0.1) is 10.2 Å². The van der Waals surface area contributed by atoms with Crippen LogP contribution in [0.1, 0.15) is 68.1 Å². The van der Waals surface area contributed by atoms with E-state index in [-0.39, 0.29) is 16.6 Å². The minimum atomic E-state index is -0.360. The maximum atomic E-state index is 12.9. The monoisotopic (exact) mass is 409 g/mol. The fourth-order valence-corrected chi connectivity index (χ4v) is 7.24. The molecule has 1 aromatic carbocycles. The summed E-state index contributed by atoms with van der Waals surface area (Å²) in [5.74, 6) is 3.38. The zero-order valence-corrected chi connectivity index (χ0v) is 17.4. The average molecular weight is 410 g/mol. The minimum Gasteiger partial charge on any atom is -0.415 e. The summed E-state index contributed by atoms with van der Waals surface area (Å²) in [6.45, 7) is 0. The number of aromatic nitrogens is 2. The summed E-state index contributed by atoms with van der Waals surface area (Å²) in [5, 5.41) is 12.2. The first-order valence-electron chi connectivity index (χ1n) is 11.0. The number of amides is 1. The summed E-state index contributed by atoms with van der Waals surface area (Å²) in [6.07, 6.45) is 9.95. The molecule has 2 aromatic rings. The summed E-state index contributed by atoms with van der Waals surface area (Å²) < 4.78 is 6.25. The van der Waals surface area contributed by atoms with E-state index in [4.69, 9.17) is 4.42 Å². The van der Waals surface area contributed by atoms with Crippen molar-refractivity contribution in [3.05, 3.63) is 41.8 Å². The lowest BCUT2D eigenvalue weighted by molar-refractivity contribution is -0.120.